The van der Waals surface area contributed by atoms with Crippen molar-refractivity contribution in [3.05, 3.63) is 0 Å². The molecule has 2 heterocycles. The maximum absolute atomic E-state index is 11.9. The molecule has 3 rings (SSSR count). The Bertz CT molecular complexity index is 668. The first-order chi connectivity index (χ1) is 12.5. The largest absolute Gasteiger partial charge is 0.504 e. The number of benzene rings is 1. The summed E-state index contributed by atoms with van der Waals surface area (Å²) in [6.07, 6.45) is -1.48. The van der Waals surface area contributed by atoms with Crippen LogP contribution >= 0.6 is 0 Å². The summed E-state index contributed by atoms with van der Waals surface area (Å²) in [6.45, 7) is 6.24. The fraction of sp³-hybridized carbons (Fsp3) is 0.500. The maximum atomic E-state index is 11.9. The molecule has 0 aromatic heterocycles. The Hall–Kier alpha value is -3.04. The molecule has 0 saturated carbocycles. The van der Waals surface area contributed by atoms with Crippen LogP contribution in [0.1, 0.15) is 13.8 Å². The van der Waals surface area contributed by atoms with Gasteiger partial charge < -0.3 is 29.5 Å². The van der Waals surface area contributed by atoms with Crippen molar-refractivity contribution in [2.24, 2.45) is 0 Å². The summed E-state index contributed by atoms with van der Waals surface area (Å²) in [5, 5.41) is 26.5. The van der Waals surface area contributed by atoms with E-state index in [2.05, 4.69) is 10.6 Å². The van der Waals surface area contributed by atoms with Crippen LogP contribution in [0.15, 0.2) is 0 Å². The number of hydrogen-bond donors (Lipinski definition) is 4. The van der Waals surface area contributed by atoms with Crippen molar-refractivity contribution in [3.63, 3.8) is 0 Å². The number of aromatic hydroxyl groups is 2. The van der Waals surface area contributed by atoms with E-state index in [1.165, 1.54) is 0 Å². The molecule has 0 unspecified atom stereocenters. The summed E-state index contributed by atoms with van der Waals surface area (Å²) in [4.78, 5) is 27.2. The van der Waals surface area contributed by atoms with Crippen LogP contribution in [0, 0.1) is 0 Å². The van der Waals surface area contributed by atoms with Gasteiger partial charge in [-0.15, -0.1) is 0 Å². The number of phenols is 2. The third-order valence-electron chi connectivity index (χ3n) is 3.93. The fourth-order valence-corrected chi connectivity index (χ4v) is 2.64. The van der Waals surface area contributed by atoms with E-state index in [1.54, 1.807) is 23.6 Å². The van der Waals surface area contributed by atoms with E-state index in [0.29, 0.717) is 26.2 Å². The minimum absolute atomic E-state index is 0.0507. The van der Waals surface area contributed by atoms with Gasteiger partial charge in [-0.2, -0.15) is 0 Å². The summed E-state index contributed by atoms with van der Waals surface area (Å²) < 4.78 is 9.75. The highest BCUT2D eigenvalue weighted by Crippen LogP contribution is 2.56. The van der Waals surface area contributed by atoms with E-state index in [-0.39, 0.29) is 47.5 Å². The van der Waals surface area contributed by atoms with Gasteiger partial charge in [0.05, 0.1) is 13.2 Å². The molecule has 142 valence electrons. The van der Waals surface area contributed by atoms with Crippen LogP contribution in [0.2, 0.25) is 0 Å². The van der Waals surface area contributed by atoms with E-state index in [9.17, 15) is 19.8 Å². The molecule has 2 aliphatic heterocycles. The van der Waals surface area contributed by atoms with Crippen molar-refractivity contribution >= 4 is 34.9 Å². The standard InChI is InChI=1S/C16H22N4O6/c1-3-25-15(23)17-9-11(19-5-6-19)14(22)10(18-16(24)26-4-2)12(13(9)21)20-7-8-20/h21-22H,3-8H2,1-2H3,(H,17,23)(H,18,24). The molecule has 26 heavy (non-hydrogen) atoms. The van der Waals surface area contributed by atoms with Crippen LogP contribution in [-0.4, -0.2) is 61.8 Å². The minimum atomic E-state index is -0.742. The van der Waals surface area contributed by atoms with Gasteiger partial charge in [0.1, 0.15) is 22.7 Å². The number of phenolic OH excluding ortho intramolecular Hbond substituents is 2. The van der Waals surface area contributed by atoms with E-state index < -0.39 is 12.2 Å². The van der Waals surface area contributed by atoms with E-state index in [0.717, 1.165) is 0 Å². The molecule has 0 bridgehead atoms. The number of carbonyl (C=O) groups is 2. The normalized spacial score (nSPS) is 14.7. The lowest BCUT2D eigenvalue weighted by atomic mass is 10.1. The lowest BCUT2D eigenvalue weighted by molar-refractivity contribution is 0.166. The van der Waals surface area contributed by atoms with Gasteiger partial charge in [0.2, 0.25) is 0 Å². The topological polar surface area (TPSA) is 123 Å². The molecule has 4 N–H and O–H groups in total. The Morgan fingerprint density at radius 3 is 1.46 bits per heavy atom. The molecule has 0 radical (unpaired) electrons. The van der Waals surface area contributed by atoms with Gasteiger partial charge in [-0.05, 0) is 13.8 Å². The number of amides is 2. The predicted molar refractivity (Wildman–Crippen MR) is 95.5 cm³/mol. The second-order valence-corrected chi connectivity index (χ2v) is 5.81. The van der Waals surface area contributed by atoms with Crippen LogP contribution in [0.25, 0.3) is 0 Å². The Morgan fingerprint density at radius 1 is 0.846 bits per heavy atom. The molecular formula is C16H22N4O6. The first-order valence-corrected chi connectivity index (χ1v) is 8.47. The van der Waals surface area contributed by atoms with Crippen molar-refractivity contribution < 1.29 is 29.3 Å². The number of carbonyl (C=O) groups excluding carboxylic acids is 2. The lowest BCUT2D eigenvalue weighted by Crippen LogP contribution is -2.18. The van der Waals surface area contributed by atoms with Crippen LogP contribution in [0.3, 0.4) is 0 Å². The van der Waals surface area contributed by atoms with E-state index >= 15 is 0 Å². The molecule has 2 saturated heterocycles. The average molecular weight is 366 g/mol. The highest BCUT2D eigenvalue weighted by Gasteiger charge is 2.37. The SMILES string of the molecule is CCOC(=O)Nc1c(O)c(N2CC2)c(NC(=O)OCC)c(O)c1N1CC1. The van der Waals surface area contributed by atoms with Crippen LogP contribution in [-0.2, 0) is 9.47 Å². The minimum Gasteiger partial charge on any atom is -0.504 e. The molecule has 1 aromatic rings. The highest BCUT2D eigenvalue weighted by atomic mass is 16.6. The summed E-state index contributed by atoms with van der Waals surface area (Å²) in [7, 11) is 0. The summed E-state index contributed by atoms with van der Waals surface area (Å²) in [5.41, 5.74) is 0.561. The van der Waals surface area contributed by atoms with Gasteiger partial charge in [0, 0.05) is 26.2 Å². The molecule has 10 heteroatoms. The quantitative estimate of drug-likeness (QED) is 0.342. The molecule has 2 amide bonds. The van der Waals surface area contributed by atoms with Crippen LogP contribution in [0.5, 0.6) is 11.5 Å². The first-order valence-electron chi connectivity index (χ1n) is 8.47. The van der Waals surface area contributed by atoms with Gasteiger partial charge in [0.15, 0.2) is 11.5 Å². The zero-order valence-electron chi connectivity index (χ0n) is 14.7. The Morgan fingerprint density at radius 2 is 1.19 bits per heavy atom. The predicted octanol–water partition coefficient (Wildman–Crippen LogP) is 1.87. The van der Waals surface area contributed by atoms with Crippen molar-refractivity contribution in [1.82, 2.24) is 0 Å². The molecule has 10 nitrogen and oxygen atoms in total. The number of nitrogens with one attached hydrogen (secondary N) is 2. The number of hydrogen-bond acceptors (Lipinski definition) is 8. The zero-order valence-corrected chi connectivity index (χ0v) is 14.7. The van der Waals surface area contributed by atoms with Crippen LogP contribution in [0.4, 0.5) is 32.3 Å². The van der Waals surface area contributed by atoms with Gasteiger partial charge in [-0.1, -0.05) is 0 Å². The molecule has 2 fully saturated rings. The second-order valence-electron chi connectivity index (χ2n) is 5.81. The van der Waals surface area contributed by atoms with Crippen molar-refractivity contribution in [2.75, 3.05) is 59.8 Å². The number of rotatable bonds is 6. The Balaban J connectivity index is 2.07. The van der Waals surface area contributed by atoms with Gasteiger partial charge in [-0.25, -0.2) is 9.59 Å². The number of ether oxygens (including phenoxy) is 2. The molecular weight excluding hydrogens is 344 g/mol. The average Bonchev–Trinajstić information content (AvgIpc) is 3.45. The van der Waals surface area contributed by atoms with Crippen molar-refractivity contribution in [2.45, 2.75) is 13.8 Å². The summed E-state index contributed by atoms with van der Waals surface area (Å²) in [6, 6.07) is 0. The van der Waals surface area contributed by atoms with Gasteiger partial charge in [-0.3, -0.25) is 10.6 Å². The summed E-state index contributed by atoms with van der Waals surface area (Å²) in [5.74, 6) is -0.496. The van der Waals surface area contributed by atoms with Gasteiger partial charge in [0.25, 0.3) is 0 Å². The molecule has 0 aliphatic carbocycles. The number of nitrogens with zero attached hydrogens (tertiary/aromatic N) is 2. The molecule has 2 aliphatic rings. The molecule has 1 aromatic carbocycles. The van der Waals surface area contributed by atoms with E-state index in [1.807, 2.05) is 0 Å². The molecule has 0 spiro atoms. The highest BCUT2D eigenvalue weighted by molar-refractivity contribution is 6.07. The zero-order chi connectivity index (χ0) is 18.8. The first kappa shape index (κ1) is 17.8. The van der Waals surface area contributed by atoms with Crippen molar-refractivity contribution in [3.8, 4) is 11.5 Å². The van der Waals surface area contributed by atoms with Gasteiger partial charge >= 0.3 is 12.2 Å². The molecule has 0 atom stereocenters. The number of anilines is 4. The monoisotopic (exact) mass is 366 g/mol. The summed E-state index contributed by atoms with van der Waals surface area (Å²) >= 11 is 0. The Labute approximate surface area is 150 Å². The van der Waals surface area contributed by atoms with Crippen LogP contribution < -0.4 is 20.4 Å². The van der Waals surface area contributed by atoms with Crippen molar-refractivity contribution in [1.29, 1.82) is 0 Å². The van der Waals surface area contributed by atoms with E-state index in [4.69, 9.17) is 9.47 Å². The third-order valence-corrected chi connectivity index (χ3v) is 3.93. The third kappa shape index (κ3) is 3.48. The lowest BCUT2D eigenvalue weighted by Gasteiger charge is -2.22. The fourth-order valence-electron chi connectivity index (χ4n) is 2.64. The second kappa shape index (κ2) is 7.06. The smallest absolute Gasteiger partial charge is 0.411 e. The Kier molecular flexibility index (Phi) is 4.83. The maximum Gasteiger partial charge on any atom is 0.411 e.